The standard InChI is InChI=1S/C60H77FN14O10/c1-40-57-46(7-6-8-49(57)75(70-40)39-54(78)64-35-52(76)65-36-56(80)82-2)47-32-50-44(31-48(47)61)33-67-74(50)37-41-13-21-71(22-14-41)38-53(77)63-18-26-84-28-30-85-29-27-83-25-17-55(79)73-23-15-43(16-24-73)42-9-11-45(12-10-42)68-60-58(59(62)81)66-34-51(69-60)72-19-4-3-5-20-72/h6-12,31-34,41,43H,3-5,13-30,35-39H2,1-2H3,(H2,62,81)(H,63,77)(H,64,78)(H,65,76)(H,68,69). The quantitative estimate of drug-likeness (QED) is 0.0340. The Kier molecular flexibility index (Phi) is 21.8. The van der Waals surface area contributed by atoms with E-state index in [1.165, 1.54) is 29.8 Å². The Balaban J connectivity index is 0.603. The molecular formula is C60H77FN14O10. The Hall–Kier alpha value is -8.13. The summed E-state index contributed by atoms with van der Waals surface area (Å²) in [5.41, 5.74) is 10.7. The molecule has 0 bridgehead atoms. The number of benzene rings is 3. The third kappa shape index (κ3) is 16.8. The van der Waals surface area contributed by atoms with E-state index in [1.807, 2.05) is 33.8 Å². The highest BCUT2D eigenvalue weighted by Gasteiger charge is 2.26. The van der Waals surface area contributed by atoms with Gasteiger partial charge in [-0.05, 0) is 118 Å². The molecule has 0 saturated carbocycles. The summed E-state index contributed by atoms with van der Waals surface area (Å²) < 4.78 is 40.8. The van der Waals surface area contributed by atoms with Crippen LogP contribution < -0.4 is 31.9 Å². The lowest BCUT2D eigenvalue weighted by atomic mass is 9.89. The Morgan fingerprint density at radius 2 is 1.42 bits per heavy atom. The number of anilines is 3. The van der Waals surface area contributed by atoms with Crippen molar-refractivity contribution in [1.82, 2.24) is 55.3 Å². The lowest BCUT2D eigenvalue weighted by Crippen LogP contribution is -2.42. The van der Waals surface area contributed by atoms with E-state index in [1.54, 1.807) is 31.5 Å². The zero-order valence-electron chi connectivity index (χ0n) is 48.5. The van der Waals surface area contributed by atoms with E-state index < -0.39 is 29.5 Å². The van der Waals surface area contributed by atoms with E-state index in [0.29, 0.717) is 130 Å². The maximum Gasteiger partial charge on any atom is 0.325 e. The summed E-state index contributed by atoms with van der Waals surface area (Å²) in [6.07, 6.45) is 10.4. The molecule has 25 heteroatoms. The molecule has 3 aliphatic rings. The molecule has 3 fully saturated rings. The van der Waals surface area contributed by atoms with Crippen molar-refractivity contribution in [1.29, 1.82) is 0 Å². The number of nitrogens with two attached hydrogens (primary N) is 1. The van der Waals surface area contributed by atoms with E-state index in [2.05, 4.69) is 63.1 Å². The number of nitrogens with zero attached hydrogens (tertiary/aromatic N) is 9. The van der Waals surface area contributed by atoms with Gasteiger partial charge in [0.05, 0.1) is 95.4 Å². The van der Waals surface area contributed by atoms with Crippen LogP contribution in [0.25, 0.3) is 32.9 Å². The molecule has 3 aliphatic heterocycles. The smallest absolute Gasteiger partial charge is 0.325 e. The average Bonchev–Trinajstić information content (AvgIpc) is 4.29. The number of aromatic nitrogens is 6. The van der Waals surface area contributed by atoms with Crippen LogP contribution in [0.2, 0.25) is 0 Å². The summed E-state index contributed by atoms with van der Waals surface area (Å²) in [6.45, 7) is 9.12. The minimum atomic E-state index is -0.638. The van der Waals surface area contributed by atoms with Crippen LogP contribution in [-0.4, -0.2) is 187 Å². The van der Waals surface area contributed by atoms with Crippen LogP contribution in [0.1, 0.15) is 79.0 Å². The molecule has 0 unspecified atom stereocenters. The van der Waals surface area contributed by atoms with Crippen LogP contribution in [0.5, 0.6) is 0 Å². The van der Waals surface area contributed by atoms with Gasteiger partial charge < -0.3 is 55.7 Å². The van der Waals surface area contributed by atoms with Crippen molar-refractivity contribution in [2.75, 3.05) is 122 Å². The van der Waals surface area contributed by atoms with Crippen molar-refractivity contribution < 1.29 is 52.1 Å². The molecular weight excluding hydrogens is 1100 g/mol. The molecule has 0 aliphatic carbocycles. The summed E-state index contributed by atoms with van der Waals surface area (Å²) >= 11 is 0. The van der Waals surface area contributed by atoms with Crippen LogP contribution in [-0.2, 0) is 56.0 Å². The molecule has 0 radical (unpaired) electrons. The van der Waals surface area contributed by atoms with E-state index in [-0.39, 0.29) is 37.1 Å². The molecule has 0 spiro atoms. The van der Waals surface area contributed by atoms with Gasteiger partial charge in [0.1, 0.15) is 24.7 Å². The number of amides is 5. The Morgan fingerprint density at radius 1 is 0.718 bits per heavy atom. The number of fused-ring (bicyclic) bond motifs is 2. The third-order valence-electron chi connectivity index (χ3n) is 15.8. The number of esters is 1. The molecule has 3 saturated heterocycles. The highest BCUT2D eigenvalue weighted by atomic mass is 19.1. The second-order valence-electron chi connectivity index (χ2n) is 21.7. The summed E-state index contributed by atoms with van der Waals surface area (Å²) in [5.74, 6) is -0.960. The first-order chi connectivity index (χ1) is 41.3. The number of halogens is 1. The molecule has 9 rings (SSSR count). The fourth-order valence-electron chi connectivity index (χ4n) is 11.2. The summed E-state index contributed by atoms with van der Waals surface area (Å²) in [4.78, 5) is 89.4. The van der Waals surface area contributed by atoms with E-state index in [0.717, 1.165) is 81.7 Å². The molecule has 6 heterocycles. The molecule has 5 amide bonds. The Labute approximate surface area is 492 Å². The number of nitrogens with one attached hydrogen (secondary N) is 4. The fraction of sp³-hybridized carbons (Fsp3) is 0.500. The van der Waals surface area contributed by atoms with Crippen LogP contribution in [0.15, 0.2) is 67.0 Å². The van der Waals surface area contributed by atoms with Crippen molar-refractivity contribution in [2.45, 2.75) is 77.3 Å². The molecule has 6 N–H and O–H groups in total. The van der Waals surface area contributed by atoms with Gasteiger partial charge in [-0.1, -0.05) is 24.3 Å². The lowest BCUT2D eigenvalue weighted by molar-refractivity contribution is -0.141. The van der Waals surface area contributed by atoms with Crippen molar-refractivity contribution >= 4 is 74.6 Å². The lowest BCUT2D eigenvalue weighted by Gasteiger charge is -2.32. The largest absolute Gasteiger partial charge is 0.468 e. The van der Waals surface area contributed by atoms with Gasteiger partial charge in [0.2, 0.25) is 23.6 Å². The minimum Gasteiger partial charge on any atom is -0.468 e. The topological polar surface area (TPSA) is 285 Å². The second kappa shape index (κ2) is 30.1. The number of likely N-dealkylation sites (tertiary alicyclic amines) is 2. The summed E-state index contributed by atoms with van der Waals surface area (Å²) in [6, 6.07) is 16.8. The van der Waals surface area contributed by atoms with Crippen LogP contribution >= 0.6 is 0 Å². The molecule has 3 aromatic carbocycles. The van der Waals surface area contributed by atoms with Crippen LogP contribution in [0.4, 0.5) is 21.7 Å². The first-order valence-corrected chi connectivity index (χ1v) is 29.3. The van der Waals surface area contributed by atoms with Crippen molar-refractivity contribution in [2.24, 2.45) is 11.7 Å². The molecule has 24 nitrogen and oxygen atoms in total. The van der Waals surface area contributed by atoms with Gasteiger partial charge in [-0.3, -0.25) is 43.0 Å². The highest BCUT2D eigenvalue weighted by Crippen LogP contribution is 2.36. The summed E-state index contributed by atoms with van der Waals surface area (Å²) in [7, 11) is 1.21. The summed E-state index contributed by atoms with van der Waals surface area (Å²) in [5, 5.41) is 21.7. The number of primary amides is 1. The number of carbonyl (C=O) groups is 6. The number of piperidine rings is 3. The third-order valence-corrected chi connectivity index (χ3v) is 15.8. The number of aryl methyl sites for hydroxylation is 1. The molecule has 454 valence electrons. The number of rotatable bonds is 28. The average molecular weight is 1170 g/mol. The number of hydrogen-bond acceptors (Lipinski definition) is 17. The first-order valence-electron chi connectivity index (χ1n) is 29.3. The van der Waals surface area contributed by atoms with Gasteiger partial charge in [0.15, 0.2) is 11.5 Å². The molecule has 6 aromatic rings. The predicted molar refractivity (Wildman–Crippen MR) is 315 cm³/mol. The maximum atomic E-state index is 15.9. The highest BCUT2D eigenvalue weighted by molar-refractivity contribution is 6.00. The fourth-order valence-corrected chi connectivity index (χ4v) is 11.2. The van der Waals surface area contributed by atoms with Gasteiger partial charge in [-0.2, -0.15) is 10.2 Å². The van der Waals surface area contributed by atoms with Crippen molar-refractivity contribution in [3.05, 3.63) is 89.8 Å². The van der Waals surface area contributed by atoms with Gasteiger partial charge in [-0.15, -0.1) is 0 Å². The number of hydrogen-bond donors (Lipinski definition) is 5. The Morgan fingerprint density at radius 3 is 2.15 bits per heavy atom. The maximum absolute atomic E-state index is 15.9. The SMILES string of the molecule is COC(=O)CNC(=O)CNC(=O)Cn1nc(C)c2c(-c3cc4c(cnn4CC4CCN(CC(=O)NCCOCCOCCOCCC(=O)N5CCC(c6ccc(Nc7nc(N8CCCCC8)cnc7C(N)=O)cc6)CC5)CC4)cc3F)cccc21. The monoisotopic (exact) mass is 1170 g/mol. The van der Waals surface area contributed by atoms with Gasteiger partial charge in [0, 0.05) is 61.3 Å². The van der Waals surface area contributed by atoms with E-state index in [4.69, 9.17) is 24.9 Å². The van der Waals surface area contributed by atoms with Crippen molar-refractivity contribution in [3.8, 4) is 11.1 Å². The van der Waals surface area contributed by atoms with Gasteiger partial charge in [0.25, 0.3) is 5.91 Å². The molecule has 85 heavy (non-hydrogen) atoms. The van der Waals surface area contributed by atoms with E-state index in [9.17, 15) is 28.8 Å². The zero-order chi connectivity index (χ0) is 59.7. The second-order valence-corrected chi connectivity index (χ2v) is 21.7. The molecule has 0 atom stereocenters. The Bertz CT molecular complexity index is 3280. The number of methoxy groups -OCH3 is 1. The van der Waals surface area contributed by atoms with Gasteiger partial charge in [-0.25, -0.2) is 14.4 Å². The number of carbonyl (C=O) groups excluding carboxylic acids is 6. The van der Waals surface area contributed by atoms with E-state index >= 15 is 4.39 Å². The van der Waals surface area contributed by atoms with Crippen molar-refractivity contribution in [3.63, 3.8) is 0 Å². The number of ether oxygens (including phenoxy) is 4. The normalized spacial score (nSPS) is 15.3. The first kappa shape index (κ1) is 61.4. The zero-order valence-corrected chi connectivity index (χ0v) is 48.5. The minimum absolute atomic E-state index is 0.0660. The van der Waals surface area contributed by atoms with Gasteiger partial charge >= 0.3 is 5.97 Å². The van der Waals surface area contributed by atoms with Crippen LogP contribution in [0.3, 0.4) is 0 Å². The molecule has 3 aromatic heterocycles. The van der Waals surface area contributed by atoms with Crippen LogP contribution in [0, 0.1) is 18.7 Å². The predicted octanol–water partition coefficient (Wildman–Crippen LogP) is 4.20.